The molecule has 1 amide bonds. The minimum absolute atomic E-state index is 0.0272. The van der Waals surface area contributed by atoms with E-state index in [1.807, 2.05) is 18.0 Å². The summed E-state index contributed by atoms with van der Waals surface area (Å²) in [5.41, 5.74) is 6.99. The molecule has 2 aromatic heterocycles. The highest BCUT2D eigenvalue weighted by atomic mass is 16.6. The fourth-order valence-electron chi connectivity index (χ4n) is 4.81. The molecule has 3 atom stereocenters. The number of hydrogen-bond acceptors (Lipinski definition) is 10. The molecular weight excluding hydrogens is 502 g/mol. The molecule has 39 heavy (non-hydrogen) atoms. The highest BCUT2D eigenvalue weighted by Crippen LogP contribution is 2.30. The number of methoxy groups -OCH3 is 1. The van der Waals surface area contributed by atoms with Crippen LogP contribution in [0, 0.1) is 17.2 Å². The van der Waals surface area contributed by atoms with Gasteiger partial charge in [0.15, 0.2) is 5.65 Å². The third-order valence-corrected chi connectivity index (χ3v) is 7.08. The Bertz CT molecular complexity index is 1400. The average Bonchev–Trinajstić information content (AvgIpc) is 3.38. The second-order valence-corrected chi connectivity index (χ2v) is 9.58. The summed E-state index contributed by atoms with van der Waals surface area (Å²) in [4.78, 5) is 49.4. The lowest BCUT2D eigenvalue weighted by Crippen LogP contribution is -2.52. The number of carbonyl (C=O) groups excluding carboxylic acids is 3. The van der Waals surface area contributed by atoms with Gasteiger partial charge in [-0.15, -0.1) is 0 Å². The predicted octanol–water partition coefficient (Wildman–Crippen LogP) is 2.11. The number of carbonyl (C=O) groups is 3. The Morgan fingerprint density at radius 3 is 2.67 bits per heavy atom. The van der Waals surface area contributed by atoms with Crippen LogP contribution in [0.3, 0.4) is 0 Å². The zero-order chi connectivity index (χ0) is 28.1. The molecule has 1 aromatic carbocycles. The molecule has 1 unspecified atom stereocenters. The summed E-state index contributed by atoms with van der Waals surface area (Å²) in [6, 6.07) is 9.58. The van der Waals surface area contributed by atoms with Gasteiger partial charge in [-0.3, -0.25) is 9.59 Å². The molecule has 1 fully saturated rings. The number of nitriles is 1. The fraction of sp³-hybridized carbons (Fsp3) is 0.407. The minimum Gasteiger partial charge on any atom is -0.468 e. The number of likely N-dealkylation sites (tertiary alicyclic amines) is 1. The van der Waals surface area contributed by atoms with Crippen LogP contribution < -0.4 is 15.4 Å². The molecule has 3 aromatic rings. The van der Waals surface area contributed by atoms with E-state index in [0.717, 1.165) is 12.0 Å². The number of hydrogen-bond donors (Lipinski definition) is 1. The molecule has 0 spiro atoms. The number of rotatable bonds is 7. The molecule has 1 aliphatic heterocycles. The highest BCUT2D eigenvalue weighted by molar-refractivity contribution is 5.94. The van der Waals surface area contributed by atoms with Gasteiger partial charge in [0.1, 0.15) is 30.4 Å². The van der Waals surface area contributed by atoms with Crippen molar-refractivity contribution >= 4 is 34.8 Å². The van der Waals surface area contributed by atoms with Crippen LogP contribution in [0.15, 0.2) is 42.9 Å². The maximum absolute atomic E-state index is 13.0. The Kier molecular flexibility index (Phi) is 8.41. The first-order valence-electron chi connectivity index (χ1n) is 12.6. The first kappa shape index (κ1) is 27.5. The van der Waals surface area contributed by atoms with Crippen molar-refractivity contribution in [3.05, 3.63) is 48.4 Å². The summed E-state index contributed by atoms with van der Waals surface area (Å²) in [6.45, 7) is 3.22. The summed E-state index contributed by atoms with van der Waals surface area (Å²) < 4.78 is 11.5. The van der Waals surface area contributed by atoms with Crippen LogP contribution >= 0.6 is 0 Å². The van der Waals surface area contributed by atoms with E-state index in [2.05, 4.69) is 21.6 Å². The lowest BCUT2D eigenvalue weighted by Gasteiger charge is -2.42. The van der Waals surface area contributed by atoms with Crippen molar-refractivity contribution in [2.24, 2.45) is 11.7 Å². The van der Waals surface area contributed by atoms with Crippen LogP contribution in [0.2, 0.25) is 0 Å². The van der Waals surface area contributed by atoms with Gasteiger partial charge in [0.05, 0.1) is 24.6 Å². The molecule has 204 valence electrons. The number of anilines is 1. The minimum atomic E-state index is -0.778. The van der Waals surface area contributed by atoms with Crippen LogP contribution in [0.1, 0.15) is 25.3 Å². The Hall–Kier alpha value is -4.50. The van der Waals surface area contributed by atoms with E-state index in [1.165, 1.54) is 18.0 Å². The molecule has 12 nitrogen and oxygen atoms in total. The third kappa shape index (κ3) is 5.99. The van der Waals surface area contributed by atoms with Crippen LogP contribution in [-0.2, 0) is 20.7 Å². The Morgan fingerprint density at radius 2 is 1.97 bits per heavy atom. The lowest BCUT2D eigenvalue weighted by atomic mass is 9.92. The van der Waals surface area contributed by atoms with Crippen molar-refractivity contribution < 1.29 is 23.9 Å². The Balaban J connectivity index is 1.50. The standard InChI is InChI=1S/C27H31N7O5/c1-17-9-12-33(23(35)8-11-28)15-22(17)32(2)24-20-10-13-34(25(20)31-16-30-24)27(37)39-19-6-4-18(5-7-19)14-21(29)26(36)38-3/h4-7,10,13,16-17,21-22H,8-9,12,14-15,29H2,1-3H3/t17-,21?,22+/m1/s1. The normalized spacial score (nSPS) is 17.8. The SMILES string of the molecule is COC(=O)C(N)Cc1ccc(OC(=O)n2ccc3c(N(C)[C@H]4CN(C(=O)CC#N)CC[C@H]4C)ncnc32)cc1. The molecule has 0 saturated carbocycles. The smallest absolute Gasteiger partial charge is 0.425 e. The monoisotopic (exact) mass is 533 g/mol. The Morgan fingerprint density at radius 1 is 1.23 bits per heavy atom. The van der Waals surface area contributed by atoms with Crippen molar-refractivity contribution in [3.63, 3.8) is 0 Å². The van der Waals surface area contributed by atoms with Gasteiger partial charge < -0.3 is 25.0 Å². The summed E-state index contributed by atoms with van der Waals surface area (Å²) >= 11 is 0. The number of aromatic nitrogens is 3. The summed E-state index contributed by atoms with van der Waals surface area (Å²) in [6.07, 6.45) is 3.29. The lowest BCUT2D eigenvalue weighted by molar-refractivity contribution is -0.142. The molecule has 12 heteroatoms. The first-order valence-corrected chi connectivity index (χ1v) is 12.6. The Labute approximate surface area is 225 Å². The molecule has 3 heterocycles. The number of benzene rings is 1. The van der Waals surface area contributed by atoms with Crippen LogP contribution in [0.25, 0.3) is 11.0 Å². The van der Waals surface area contributed by atoms with Crippen molar-refractivity contribution in [1.82, 2.24) is 19.4 Å². The number of likely N-dealkylation sites (N-methyl/N-ethyl adjacent to an activating group) is 1. The summed E-state index contributed by atoms with van der Waals surface area (Å²) in [5.74, 6) is 0.554. The van der Waals surface area contributed by atoms with E-state index in [1.54, 1.807) is 41.4 Å². The number of fused-ring (bicyclic) bond motifs is 1. The third-order valence-electron chi connectivity index (χ3n) is 7.08. The van der Waals surface area contributed by atoms with E-state index in [0.29, 0.717) is 42.1 Å². The van der Waals surface area contributed by atoms with Crippen molar-refractivity contribution in [3.8, 4) is 11.8 Å². The molecule has 0 radical (unpaired) electrons. The molecule has 2 N–H and O–H groups in total. The maximum atomic E-state index is 13.0. The average molecular weight is 534 g/mol. The summed E-state index contributed by atoms with van der Waals surface area (Å²) in [7, 11) is 3.19. The number of esters is 1. The largest absolute Gasteiger partial charge is 0.468 e. The van der Waals surface area contributed by atoms with E-state index >= 15 is 0 Å². The zero-order valence-corrected chi connectivity index (χ0v) is 22.1. The summed E-state index contributed by atoms with van der Waals surface area (Å²) in [5, 5.41) is 9.58. The van der Waals surface area contributed by atoms with E-state index in [-0.39, 0.29) is 24.3 Å². The maximum Gasteiger partial charge on any atom is 0.425 e. The van der Waals surface area contributed by atoms with Gasteiger partial charge in [0.2, 0.25) is 5.91 Å². The van der Waals surface area contributed by atoms with E-state index in [4.69, 9.17) is 15.7 Å². The van der Waals surface area contributed by atoms with E-state index < -0.39 is 18.1 Å². The van der Waals surface area contributed by atoms with Crippen molar-refractivity contribution in [1.29, 1.82) is 5.26 Å². The van der Waals surface area contributed by atoms with Crippen LogP contribution in [0.5, 0.6) is 5.75 Å². The quantitative estimate of drug-likeness (QED) is 0.446. The number of amides is 1. The fourth-order valence-corrected chi connectivity index (χ4v) is 4.81. The molecule has 1 saturated heterocycles. The number of ether oxygens (including phenoxy) is 2. The second kappa shape index (κ2) is 11.9. The molecule has 0 aliphatic carbocycles. The van der Waals surface area contributed by atoms with Crippen LogP contribution in [0.4, 0.5) is 10.6 Å². The predicted molar refractivity (Wildman–Crippen MR) is 142 cm³/mol. The van der Waals surface area contributed by atoms with Crippen molar-refractivity contribution in [2.45, 2.75) is 38.3 Å². The first-order chi connectivity index (χ1) is 18.7. The van der Waals surface area contributed by atoms with Gasteiger partial charge in [-0.1, -0.05) is 19.1 Å². The second-order valence-electron chi connectivity index (χ2n) is 9.58. The molecular formula is C27H31N7O5. The number of piperidine rings is 1. The van der Waals surface area contributed by atoms with Gasteiger partial charge in [0.25, 0.3) is 0 Å². The van der Waals surface area contributed by atoms with Gasteiger partial charge >= 0.3 is 12.1 Å². The molecule has 1 aliphatic rings. The molecule has 4 rings (SSSR count). The van der Waals surface area contributed by atoms with Gasteiger partial charge in [-0.25, -0.2) is 19.3 Å². The van der Waals surface area contributed by atoms with E-state index in [9.17, 15) is 14.4 Å². The zero-order valence-electron chi connectivity index (χ0n) is 22.1. The highest BCUT2D eigenvalue weighted by Gasteiger charge is 2.33. The van der Waals surface area contributed by atoms with Gasteiger partial charge in [-0.2, -0.15) is 5.26 Å². The van der Waals surface area contributed by atoms with Gasteiger partial charge in [-0.05, 0) is 42.5 Å². The van der Waals surface area contributed by atoms with Gasteiger partial charge in [0, 0.05) is 26.3 Å². The molecule has 0 bridgehead atoms. The topological polar surface area (TPSA) is 157 Å². The number of nitrogens with two attached hydrogens (primary N) is 1. The van der Waals surface area contributed by atoms with Crippen LogP contribution in [-0.4, -0.2) is 76.7 Å². The van der Waals surface area contributed by atoms with Crippen molar-refractivity contribution in [2.75, 3.05) is 32.1 Å². The number of nitrogens with zero attached hydrogens (tertiary/aromatic N) is 6.